The molecular weight excluding hydrogens is 420 g/mol. The molecule has 2 fully saturated rings. The van der Waals surface area contributed by atoms with Crippen LogP contribution in [0.5, 0.6) is 0 Å². The van der Waals surface area contributed by atoms with Gasteiger partial charge in [0.15, 0.2) is 0 Å². The molecule has 5 atom stereocenters. The summed E-state index contributed by atoms with van der Waals surface area (Å²) in [5.74, 6) is 0. The smallest absolute Gasteiger partial charge is 0.112 e. The van der Waals surface area contributed by atoms with Gasteiger partial charge in [0.1, 0.15) is 24.4 Å². The highest BCUT2D eigenvalue weighted by atomic mass is 16.6. The zero-order valence-corrected chi connectivity index (χ0v) is 19.3. The molecule has 2 aromatic carbocycles. The molecule has 4 rings (SSSR count). The summed E-state index contributed by atoms with van der Waals surface area (Å²) < 4.78 is 24.0. The Morgan fingerprint density at radius 3 is 1.88 bits per heavy atom. The predicted octanol–water partition coefficient (Wildman–Crippen LogP) is 3.63. The van der Waals surface area contributed by atoms with Crippen molar-refractivity contribution in [3.63, 3.8) is 0 Å². The number of ether oxygens (including phenoxy) is 4. The lowest BCUT2D eigenvalue weighted by molar-refractivity contribution is -0.185. The van der Waals surface area contributed by atoms with E-state index in [2.05, 4.69) is 0 Å². The largest absolute Gasteiger partial charge is 0.388 e. The zero-order chi connectivity index (χ0) is 23.0. The van der Waals surface area contributed by atoms with E-state index in [4.69, 9.17) is 18.9 Å². The SMILES string of the molecule is CC(OCc1ccccc1)[C@@H](OC1CC1)[C@@H](O)[C@H](O)[C@@H](COCc1ccccc1)OC1CC1. The molecule has 0 saturated heterocycles. The van der Waals surface area contributed by atoms with Gasteiger partial charge in [0.25, 0.3) is 0 Å². The summed E-state index contributed by atoms with van der Waals surface area (Å²) in [6.07, 6.45) is 0.102. The fraction of sp³-hybridized carbons (Fsp3) is 0.556. The van der Waals surface area contributed by atoms with Crippen LogP contribution in [-0.2, 0) is 32.2 Å². The van der Waals surface area contributed by atoms with E-state index in [0.29, 0.717) is 13.2 Å². The van der Waals surface area contributed by atoms with Gasteiger partial charge in [0, 0.05) is 0 Å². The van der Waals surface area contributed by atoms with Crippen molar-refractivity contribution in [2.24, 2.45) is 0 Å². The first kappa shape index (κ1) is 24.3. The molecule has 6 nitrogen and oxygen atoms in total. The average Bonchev–Trinajstić information content (AvgIpc) is 3.77. The third-order valence-electron chi connectivity index (χ3n) is 6.05. The lowest BCUT2D eigenvalue weighted by Crippen LogP contribution is -2.52. The van der Waals surface area contributed by atoms with Crippen LogP contribution in [0.25, 0.3) is 0 Å². The molecule has 180 valence electrons. The van der Waals surface area contributed by atoms with Crippen LogP contribution in [0.15, 0.2) is 60.7 Å². The summed E-state index contributed by atoms with van der Waals surface area (Å²) in [6, 6.07) is 19.8. The zero-order valence-electron chi connectivity index (χ0n) is 19.3. The molecule has 0 heterocycles. The molecule has 0 aliphatic heterocycles. The van der Waals surface area contributed by atoms with Crippen LogP contribution in [0.2, 0.25) is 0 Å². The van der Waals surface area contributed by atoms with Gasteiger partial charge in [-0.3, -0.25) is 0 Å². The number of rotatable bonds is 15. The molecule has 2 aliphatic rings. The first-order chi connectivity index (χ1) is 16.1. The maximum Gasteiger partial charge on any atom is 0.112 e. The summed E-state index contributed by atoms with van der Waals surface area (Å²) >= 11 is 0. The molecule has 6 heteroatoms. The van der Waals surface area contributed by atoms with E-state index >= 15 is 0 Å². The summed E-state index contributed by atoms with van der Waals surface area (Å²) in [5.41, 5.74) is 2.10. The third kappa shape index (κ3) is 7.88. The van der Waals surface area contributed by atoms with Crippen LogP contribution in [0.1, 0.15) is 43.7 Å². The summed E-state index contributed by atoms with van der Waals surface area (Å²) in [6.45, 7) is 2.91. The fourth-order valence-electron chi connectivity index (χ4n) is 3.74. The van der Waals surface area contributed by atoms with Crippen LogP contribution in [-0.4, -0.2) is 59.5 Å². The molecule has 2 N–H and O–H groups in total. The molecular formula is C27H36O6. The molecule has 0 spiro atoms. The van der Waals surface area contributed by atoms with Crippen molar-refractivity contribution >= 4 is 0 Å². The van der Waals surface area contributed by atoms with Gasteiger partial charge in [-0.1, -0.05) is 60.7 Å². The molecule has 2 aromatic rings. The van der Waals surface area contributed by atoms with Gasteiger partial charge in [0.05, 0.1) is 38.1 Å². The fourth-order valence-corrected chi connectivity index (χ4v) is 3.74. The van der Waals surface area contributed by atoms with Crippen molar-refractivity contribution in [2.75, 3.05) is 6.61 Å². The van der Waals surface area contributed by atoms with Gasteiger partial charge in [0.2, 0.25) is 0 Å². The van der Waals surface area contributed by atoms with Gasteiger partial charge in [-0.15, -0.1) is 0 Å². The van der Waals surface area contributed by atoms with E-state index in [0.717, 1.165) is 36.8 Å². The Hall–Kier alpha value is -1.80. The second-order valence-electron chi connectivity index (χ2n) is 9.16. The number of hydrogen-bond acceptors (Lipinski definition) is 6. The van der Waals surface area contributed by atoms with Gasteiger partial charge in [-0.25, -0.2) is 0 Å². The van der Waals surface area contributed by atoms with E-state index in [-0.39, 0.29) is 18.8 Å². The van der Waals surface area contributed by atoms with Crippen LogP contribution in [0.4, 0.5) is 0 Å². The molecule has 0 amide bonds. The standard InChI is InChI=1S/C27H36O6/c1-19(31-17-21-10-6-3-7-11-21)27(33-23-14-15-23)26(29)25(28)24(32-22-12-13-22)18-30-16-20-8-4-2-5-9-20/h2-11,19,22-29H,12-18H2,1H3/t19?,24-,25-,26+,27-/m1/s1. The topological polar surface area (TPSA) is 77.4 Å². The normalized spacial score (nSPS) is 20.7. The molecule has 0 aromatic heterocycles. The van der Waals surface area contributed by atoms with Crippen molar-refractivity contribution in [3.8, 4) is 0 Å². The first-order valence-electron chi connectivity index (χ1n) is 12.0. The van der Waals surface area contributed by atoms with Gasteiger partial charge in [-0.2, -0.15) is 0 Å². The summed E-state index contributed by atoms with van der Waals surface area (Å²) in [4.78, 5) is 0. The van der Waals surface area contributed by atoms with Gasteiger partial charge < -0.3 is 29.2 Å². The van der Waals surface area contributed by atoms with E-state index in [1.165, 1.54) is 0 Å². The average molecular weight is 457 g/mol. The Bertz CT molecular complexity index is 808. The van der Waals surface area contributed by atoms with E-state index in [1.54, 1.807) is 0 Å². The first-order valence-corrected chi connectivity index (χ1v) is 12.0. The van der Waals surface area contributed by atoms with Crippen molar-refractivity contribution in [1.82, 2.24) is 0 Å². The van der Waals surface area contributed by atoms with E-state index in [1.807, 2.05) is 67.6 Å². The van der Waals surface area contributed by atoms with Crippen molar-refractivity contribution in [2.45, 2.75) is 88.5 Å². The van der Waals surface area contributed by atoms with Crippen LogP contribution < -0.4 is 0 Å². The summed E-state index contributed by atoms with van der Waals surface area (Å²) in [5, 5.41) is 22.2. The van der Waals surface area contributed by atoms with Crippen molar-refractivity contribution < 1.29 is 29.2 Å². The number of aliphatic hydroxyl groups is 2. The van der Waals surface area contributed by atoms with Crippen LogP contribution in [0.3, 0.4) is 0 Å². The Morgan fingerprint density at radius 1 is 0.758 bits per heavy atom. The highest BCUT2D eigenvalue weighted by Crippen LogP contribution is 2.31. The minimum atomic E-state index is -1.15. The Morgan fingerprint density at radius 2 is 1.30 bits per heavy atom. The van der Waals surface area contributed by atoms with Gasteiger partial charge in [-0.05, 0) is 43.7 Å². The molecule has 2 saturated carbocycles. The Balaban J connectivity index is 1.35. The second-order valence-corrected chi connectivity index (χ2v) is 9.16. The monoisotopic (exact) mass is 456 g/mol. The molecule has 0 radical (unpaired) electrons. The number of hydrogen-bond donors (Lipinski definition) is 2. The molecule has 2 aliphatic carbocycles. The predicted molar refractivity (Wildman–Crippen MR) is 125 cm³/mol. The maximum absolute atomic E-state index is 11.2. The number of aliphatic hydroxyl groups excluding tert-OH is 2. The highest BCUT2D eigenvalue weighted by Gasteiger charge is 2.41. The highest BCUT2D eigenvalue weighted by molar-refractivity contribution is 5.14. The quantitative estimate of drug-likeness (QED) is 0.426. The van der Waals surface area contributed by atoms with Gasteiger partial charge >= 0.3 is 0 Å². The Labute approximate surface area is 196 Å². The van der Waals surface area contributed by atoms with Crippen LogP contribution in [0, 0.1) is 0 Å². The van der Waals surface area contributed by atoms with E-state index in [9.17, 15) is 10.2 Å². The molecule has 1 unspecified atom stereocenters. The third-order valence-corrected chi connectivity index (χ3v) is 6.05. The minimum Gasteiger partial charge on any atom is -0.388 e. The molecule has 0 bridgehead atoms. The van der Waals surface area contributed by atoms with Crippen LogP contribution >= 0.6 is 0 Å². The minimum absolute atomic E-state index is 0.108. The lowest BCUT2D eigenvalue weighted by Gasteiger charge is -2.34. The maximum atomic E-state index is 11.2. The lowest BCUT2D eigenvalue weighted by atomic mass is 9.99. The summed E-state index contributed by atoms with van der Waals surface area (Å²) in [7, 11) is 0. The van der Waals surface area contributed by atoms with Crippen molar-refractivity contribution in [1.29, 1.82) is 0 Å². The van der Waals surface area contributed by atoms with E-state index < -0.39 is 30.5 Å². The number of benzene rings is 2. The molecule has 33 heavy (non-hydrogen) atoms. The second kappa shape index (κ2) is 12.1. The van der Waals surface area contributed by atoms with Crippen molar-refractivity contribution in [3.05, 3.63) is 71.8 Å². The Kier molecular flexibility index (Phi) is 8.89.